The Morgan fingerprint density at radius 3 is 2.71 bits per heavy atom. The molecule has 2 amide bonds. The molecular weight excluding hydrogens is 413 g/mol. The van der Waals surface area contributed by atoms with E-state index in [1.54, 1.807) is 12.1 Å². The van der Waals surface area contributed by atoms with Gasteiger partial charge in [0.15, 0.2) is 0 Å². The number of anilines is 2. The number of halogens is 1. The zero-order chi connectivity index (χ0) is 17.1. The van der Waals surface area contributed by atoms with E-state index in [0.29, 0.717) is 24.7 Å². The Labute approximate surface area is 153 Å². The van der Waals surface area contributed by atoms with Crippen LogP contribution < -0.4 is 10.6 Å². The summed E-state index contributed by atoms with van der Waals surface area (Å²) in [6, 6.07) is 8.97. The number of amides is 2. The molecule has 0 aliphatic heterocycles. The fourth-order valence-corrected chi connectivity index (χ4v) is 4.34. The zero-order valence-electron chi connectivity index (χ0n) is 12.5. The molecule has 0 aliphatic carbocycles. The molecule has 0 saturated carbocycles. The molecule has 3 rings (SSSR count). The molecule has 122 valence electrons. The third-order valence-corrected chi connectivity index (χ3v) is 6.25. The molecule has 0 atom stereocenters. The summed E-state index contributed by atoms with van der Waals surface area (Å²) in [5, 5.41) is 7.88. The summed E-state index contributed by atoms with van der Waals surface area (Å²) in [4.78, 5) is 29.1. The van der Waals surface area contributed by atoms with E-state index in [1.165, 1.54) is 17.5 Å². The molecular formula is C16H12ClN3O2SSe. The van der Waals surface area contributed by atoms with Crippen molar-refractivity contribution >= 4 is 59.6 Å². The van der Waals surface area contributed by atoms with Crippen LogP contribution in [-0.2, 0) is 0 Å². The fourth-order valence-electron chi connectivity index (χ4n) is 1.97. The maximum absolute atomic E-state index is 12.4. The van der Waals surface area contributed by atoms with Crippen molar-refractivity contribution in [3.05, 3.63) is 61.8 Å². The van der Waals surface area contributed by atoms with Gasteiger partial charge in [-0.3, -0.25) is 0 Å². The first kappa shape index (κ1) is 16.9. The van der Waals surface area contributed by atoms with E-state index in [2.05, 4.69) is 15.6 Å². The first-order valence-electron chi connectivity index (χ1n) is 6.92. The van der Waals surface area contributed by atoms with Gasteiger partial charge in [-0.05, 0) is 0 Å². The van der Waals surface area contributed by atoms with Gasteiger partial charge in [0.05, 0.1) is 0 Å². The van der Waals surface area contributed by atoms with Crippen LogP contribution >= 0.6 is 22.9 Å². The second kappa shape index (κ2) is 7.32. The van der Waals surface area contributed by atoms with Crippen LogP contribution in [0.4, 0.5) is 10.4 Å². The number of hydrogen-bond acceptors (Lipinski definition) is 4. The molecule has 8 heteroatoms. The summed E-state index contributed by atoms with van der Waals surface area (Å²) in [7, 11) is 0. The minimum atomic E-state index is -0.355. The molecule has 2 heterocycles. The predicted octanol–water partition coefficient (Wildman–Crippen LogP) is 3.67. The van der Waals surface area contributed by atoms with Crippen LogP contribution in [0.1, 0.15) is 24.5 Å². The summed E-state index contributed by atoms with van der Waals surface area (Å²) in [6.45, 7) is 1.87. The Kier molecular flexibility index (Phi) is 5.16. The van der Waals surface area contributed by atoms with Gasteiger partial charge in [0.2, 0.25) is 0 Å². The van der Waals surface area contributed by atoms with Crippen LogP contribution in [0.25, 0.3) is 0 Å². The molecule has 2 aromatic heterocycles. The van der Waals surface area contributed by atoms with Crippen molar-refractivity contribution in [2.45, 2.75) is 6.92 Å². The van der Waals surface area contributed by atoms with Crippen molar-refractivity contribution in [1.82, 2.24) is 4.98 Å². The molecule has 0 unspecified atom stereocenters. The van der Waals surface area contributed by atoms with Crippen LogP contribution in [0.15, 0.2) is 41.9 Å². The Bertz CT molecular complexity index is 872. The third kappa shape index (κ3) is 3.76. The van der Waals surface area contributed by atoms with Gasteiger partial charge in [-0.15, -0.1) is 0 Å². The zero-order valence-corrected chi connectivity index (χ0v) is 15.8. The molecule has 24 heavy (non-hydrogen) atoms. The molecule has 3 aromatic rings. The van der Waals surface area contributed by atoms with Gasteiger partial charge in [0.1, 0.15) is 0 Å². The van der Waals surface area contributed by atoms with Crippen molar-refractivity contribution in [2.24, 2.45) is 0 Å². The van der Waals surface area contributed by atoms with Gasteiger partial charge >= 0.3 is 154 Å². The molecule has 0 aliphatic rings. The second-order valence-corrected chi connectivity index (χ2v) is 8.36. The Morgan fingerprint density at radius 1 is 1.17 bits per heavy atom. The molecule has 1 aromatic carbocycles. The van der Waals surface area contributed by atoms with Crippen LogP contribution in [0, 0.1) is 6.92 Å². The van der Waals surface area contributed by atoms with E-state index in [0.717, 1.165) is 5.56 Å². The summed E-state index contributed by atoms with van der Waals surface area (Å²) in [5.74, 6) is -0.460. The second-order valence-electron chi connectivity index (χ2n) is 4.85. The molecule has 0 bridgehead atoms. The first-order chi connectivity index (χ1) is 11.5. The van der Waals surface area contributed by atoms with E-state index in [-0.39, 0.29) is 26.3 Å². The van der Waals surface area contributed by atoms with E-state index in [1.807, 2.05) is 30.5 Å². The first-order valence-corrected chi connectivity index (χ1v) is 9.89. The van der Waals surface area contributed by atoms with E-state index < -0.39 is 0 Å². The number of nitrogens with one attached hydrogen (secondary N) is 2. The summed E-state index contributed by atoms with van der Waals surface area (Å²) in [5.41, 5.74) is 1.48. The van der Waals surface area contributed by atoms with Crippen LogP contribution in [0.2, 0.25) is 5.02 Å². The number of carbonyl (C=O) groups excluding carboxylic acids is 2. The molecule has 0 saturated heterocycles. The number of rotatable bonds is 4. The van der Waals surface area contributed by atoms with Gasteiger partial charge in [0, 0.05) is 0 Å². The molecule has 2 N–H and O–H groups in total. The van der Waals surface area contributed by atoms with Crippen molar-refractivity contribution in [3.8, 4) is 0 Å². The van der Waals surface area contributed by atoms with Crippen LogP contribution in [-0.4, -0.2) is 31.3 Å². The van der Waals surface area contributed by atoms with E-state index in [4.69, 9.17) is 11.6 Å². The summed E-state index contributed by atoms with van der Waals surface area (Å²) in [6.07, 6.45) is 1.49. The Balaban J connectivity index is 1.71. The number of benzene rings is 1. The van der Waals surface area contributed by atoms with E-state index in [9.17, 15) is 9.59 Å². The molecule has 0 spiro atoms. The number of aromatic nitrogens is 1. The number of nitrogens with zero attached hydrogens (tertiary/aromatic N) is 1. The number of thiophene rings is 1. The summed E-state index contributed by atoms with van der Waals surface area (Å²) >= 11 is 7.12. The van der Waals surface area contributed by atoms with Crippen molar-refractivity contribution in [3.63, 3.8) is 0 Å². The number of aryl methyl sites for hydroxylation is 1. The van der Waals surface area contributed by atoms with Gasteiger partial charge in [-0.2, -0.15) is 0 Å². The SMILES string of the molecule is Cc1cccc(Cl)c1NC(=O)c1cnc(NC(=O)c2cccs2)[se]1. The molecule has 0 fully saturated rings. The number of hydrogen-bond donors (Lipinski definition) is 2. The average Bonchev–Trinajstić information content (AvgIpc) is 3.22. The van der Waals surface area contributed by atoms with Crippen LogP contribution in [0.3, 0.4) is 0 Å². The van der Waals surface area contributed by atoms with Gasteiger partial charge in [-0.25, -0.2) is 0 Å². The molecule has 0 radical (unpaired) electrons. The van der Waals surface area contributed by atoms with Crippen molar-refractivity contribution in [2.75, 3.05) is 10.6 Å². The minimum absolute atomic E-state index is 0.206. The van der Waals surface area contributed by atoms with Crippen molar-refractivity contribution < 1.29 is 9.59 Å². The normalized spacial score (nSPS) is 10.4. The monoisotopic (exact) mass is 425 g/mol. The van der Waals surface area contributed by atoms with Gasteiger partial charge in [0.25, 0.3) is 0 Å². The van der Waals surface area contributed by atoms with Gasteiger partial charge in [-0.1, -0.05) is 0 Å². The maximum atomic E-state index is 12.4. The quantitative estimate of drug-likeness (QED) is 0.628. The van der Waals surface area contributed by atoms with Crippen molar-refractivity contribution in [1.29, 1.82) is 0 Å². The van der Waals surface area contributed by atoms with Crippen LogP contribution in [0.5, 0.6) is 0 Å². The predicted molar refractivity (Wildman–Crippen MR) is 97.6 cm³/mol. The standard InChI is InChI=1S/C16H12ClN3O2SSe/c1-9-4-2-5-10(17)13(9)19-15(22)12-8-18-16(24-12)20-14(21)11-6-3-7-23-11/h2-8H,1H3,(H,19,22)(H,18,20,21). The molecule has 5 nitrogen and oxygen atoms in total. The fraction of sp³-hybridized carbons (Fsp3) is 0.0625. The Hall–Kier alpha value is -1.92. The van der Waals surface area contributed by atoms with E-state index >= 15 is 0 Å². The topological polar surface area (TPSA) is 71.1 Å². The Morgan fingerprint density at radius 2 is 2.00 bits per heavy atom. The third-order valence-electron chi connectivity index (χ3n) is 3.16. The average molecular weight is 425 g/mol. The number of para-hydroxylation sites is 1. The summed E-state index contributed by atoms with van der Waals surface area (Å²) < 4.78 is 1.05. The number of carbonyl (C=O) groups is 2. The van der Waals surface area contributed by atoms with Gasteiger partial charge < -0.3 is 0 Å².